The number of para-hydroxylation sites is 1. The molecule has 0 aliphatic heterocycles. The number of nitrogens with zero attached hydrogens (tertiary/aromatic N) is 2. The minimum atomic E-state index is -4.16. The Morgan fingerprint density at radius 3 is 2.67 bits per heavy atom. The van der Waals surface area contributed by atoms with Gasteiger partial charge in [0.2, 0.25) is 0 Å². The number of nitrogens with two attached hydrogens (primary N) is 1. The molecule has 0 unspecified atom stereocenters. The van der Waals surface area contributed by atoms with Crippen LogP contribution in [-0.4, -0.2) is 18.3 Å². The van der Waals surface area contributed by atoms with E-state index < -0.39 is 25.5 Å². The highest BCUT2D eigenvalue weighted by Crippen LogP contribution is 2.32. The van der Waals surface area contributed by atoms with Crippen LogP contribution in [0.2, 0.25) is 0 Å². The van der Waals surface area contributed by atoms with Crippen molar-refractivity contribution in [1.82, 2.24) is 4.98 Å². The standard InChI is InChI=1S/C11H9BrN4O4S/c12-7-6-14-5-4-9(7)15-21(19,20)10-3-1-2-8(13)11(10)16(17)18/h1-6H,13H2,(H,14,15). The van der Waals surface area contributed by atoms with E-state index in [2.05, 4.69) is 25.6 Å². The van der Waals surface area contributed by atoms with E-state index in [-0.39, 0.29) is 11.4 Å². The van der Waals surface area contributed by atoms with Crippen molar-refractivity contribution in [2.24, 2.45) is 0 Å². The summed E-state index contributed by atoms with van der Waals surface area (Å²) in [6.45, 7) is 0. The first-order valence-corrected chi connectivity index (χ1v) is 7.76. The zero-order valence-electron chi connectivity index (χ0n) is 10.4. The van der Waals surface area contributed by atoms with Crippen LogP contribution in [0.5, 0.6) is 0 Å². The number of nitro benzene ring substituents is 1. The number of nitrogen functional groups attached to an aromatic ring is 1. The van der Waals surface area contributed by atoms with Gasteiger partial charge in [0.1, 0.15) is 5.69 Å². The predicted molar refractivity (Wildman–Crippen MR) is 80.3 cm³/mol. The fraction of sp³-hybridized carbons (Fsp3) is 0. The van der Waals surface area contributed by atoms with Crippen LogP contribution in [0.4, 0.5) is 17.1 Å². The minimum Gasteiger partial charge on any atom is -0.393 e. The van der Waals surface area contributed by atoms with Gasteiger partial charge in [-0.15, -0.1) is 0 Å². The molecule has 21 heavy (non-hydrogen) atoms. The third-order valence-corrected chi connectivity index (χ3v) is 4.55. The van der Waals surface area contributed by atoms with Crippen molar-refractivity contribution >= 4 is 43.0 Å². The van der Waals surface area contributed by atoms with Crippen molar-refractivity contribution in [3.05, 3.63) is 51.2 Å². The van der Waals surface area contributed by atoms with Gasteiger partial charge in [0.05, 0.1) is 15.1 Å². The van der Waals surface area contributed by atoms with Crippen LogP contribution in [0.15, 0.2) is 46.0 Å². The number of nitro groups is 1. The SMILES string of the molecule is Nc1cccc(S(=O)(=O)Nc2ccncc2Br)c1[N+](=O)[O-]. The zero-order valence-corrected chi connectivity index (χ0v) is 12.8. The van der Waals surface area contributed by atoms with Gasteiger partial charge in [0, 0.05) is 12.4 Å². The van der Waals surface area contributed by atoms with Crippen LogP contribution < -0.4 is 10.5 Å². The molecule has 1 heterocycles. The van der Waals surface area contributed by atoms with Crippen LogP contribution >= 0.6 is 15.9 Å². The van der Waals surface area contributed by atoms with Crippen molar-refractivity contribution < 1.29 is 13.3 Å². The molecule has 8 nitrogen and oxygen atoms in total. The second kappa shape index (κ2) is 5.66. The van der Waals surface area contributed by atoms with Gasteiger partial charge in [0.25, 0.3) is 10.0 Å². The number of hydrogen-bond donors (Lipinski definition) is 2. The predicted octanol–water partition coefficient (Wildman–Crippen LogP) is 2.14. The third kappa shape index (κ3) is 3.11. The van der Waals surface area contributed by atoms with E-state index >= 15 is 0 Å². The molecule has 10 heteroatoms. The first kappa shape index (κ1) is 15.2. The molecule has 0 radical (unpaired) electrons. The molecule has 1 aromatic carbocycles. The van der Waals surface area contributed by atoms with E-state index in [4.69, 9.17) is 5.73 Å². The van der Waals surface area contributed by atoms with Crippen molar-refractivity contribution in [1.29, 1.82) is 0 Å². The quantitative estimate of drug-likeness (QED) is 0.480. The molecule has 0 fully saturated rings. The van der Waals surface area contributed by atoms with E-state index in [0.717, 1.165) is 6.07 Å². The Hall–Kier alpha value is -2.20. The van der Waals surface area contributed by atoms with E-state index in [1.807, 2.05) is 0 Å². The molecule has 110 valence electrons. The summed E-state index contributed by atoms with van der Waals surface area (Å²) in [4.78, 5) is 13.5. The molecule has 0 aliphatic carbocycles. The Labute approximate surface area is 128 Å². The maximum atomic E-state index is 12.3. The molecule has 0 amide bonds. The maximum Gasteiger partial charge on any atom is 0.312 e. The van der Waals surface area contributed by atoms with E-state index in [1.165, 1.54) is 30.6 Å². The summed E-state index contributed by atoms with van der Waals surface area (Å²) >= 11 is 3.14. The van der Waals surface area contributed by atoms with E-state index in [0.29, 0.717) is 4.47 Å². The highest BCUT2D eigenvalue weighted by molar-refractivity contribution is 9.10. The first-order chi connectivity index (χ1) is 9.83. The van der Waals surface area contributed by atoms with E-state index in [9.17, 15) is 18.5 Å². The van der Waals surface area contributed by atoms with Crippen LogP contribution in [0.25, 0.3) is 0 Å². The Balaban J connectivity index is 2.53. The average Bonchev–Trinajstić information content (AvgIpc) is 2.40. The Morgan fingerprint density at radius 2 is 2.05 bits per heavy atom. The summed E-state index contributed by atoms with van der Waals surface area (Å²) in [5.41, 5.74) is 4.82. The van der Waals surface area contributed by atoms with Gasteiger partial charge in [-0.25, -0.2) is 8.42 Å². The molecule has 0 spiro atoms. The number of sulfonamides is 1. The third-order valence-electron chi connectivity index (χ3n) is 2.52. The number of rotatable bonds is 4. The molecule has 0 saturated carbocycles. The van der Waals surface area contributed by atoms with Crippen molar-refractivity contribution in [2.45, 2.75) is 4.90 Å². The van der Waals surface area contributed by atoms with Crippen LogP contribution in [0.3, 0.4) is 0 Å². The Kier molecular flexibility index (Phi) is 4.09. The summed E-state index contributed by atoms with van der Waals surface area (Å²) in [6.07, 6.45) is 2.78. The first-order valence-electron chi connectivity index (χ1n) is 5.48. The lowest BCUT2D eigenvalue weighted by Crippen LogP contribution is -2.15. The van der Waals surface area contributed by atoms with Gasteiger partial charge >= 0.3 is 5.69 Å². The Bertz CT molecular complexity index is 810. The summed E-state index contributed by atoms with van der Waals surface area (Å²) in [7, 11) is -4.16. The molecule has 2 rings (SSSR count). The molecular formula is C11H9BrN4O4S. The second-order valence-corrected chi connectivity index (χ2v) is 6.42. The molecule has 0 saturated heterocycles. The number of anilines is 2. The van der Waals surface area contributed by atoms with Gasteiger partial charge in [0.15, 0.2) is 4.90 Å². The molecule has 1 aromatic heterocycles. The average molecular weight is 373 g/mol. The van der Waals surface area contributed by atoms with Gasteiger partial charge in [-0.3, -0.25) is 19.8 Å². The molecule has 0 atom stereocenters. The lowest BCUT2D eigenvalue weighted by molar-refractivity contribution is -0.386. The summed E-state index contributed by atoms with van der Waals surface area (Å²) in [5, 5.41) is 11.0. The van der Waals surface area contributed by atoms with Gasteiger partial charge in [-0.2, -0.15) is 0 Å². The molecule has 3 N–H and O–H groups in total. The van der Waals surface area contributed by atoms with Gasteiger partial charge in [-0.1, -0.05) is 6.07 Å². The smallest absolute Gasteiger partial charge is 0.312 e. The second-order valence-electron chi connectivity index (χ2n) is 3.91. The van der Waals surface area contributed by atoms with Gasteiger partial charge < -0.3 is 5.73 Å². The topological polar surface area (TPSA) is 128 Å². The highest BCUT2D eigenvalue weighted by atomic mass is 79.9. The van der Waals surface area contributed by atoms with Gasteiger partial charge in [-0.05, 0) is 34.1 Å². The number of halogens is 1. The molecule has 0 bridgehead atoms. The van der Waals surface area contributed by atoms with Crippen LogP contribution in [0.1, 0.15) is 0 Å². The number of hydrogen-bond acceptors (Lipinski definition) is 6. The fourth-order valence-corrected chi connectivity index (χ4v) is 3.37. The maximum absolute atomic E-state index is 12.3. The molecule has 2 aromatic rings. The normalized spacial score (nSPS) is 11.1. The Morgan fingerprint density at radius 1 is 1.33 bits per heavy atom. The fourth-order valence-electron chi connectivity index (χ4n) is 1.61. The van der Waals surface area contributed by atoms with Crippen molar-refractivity contribution in [2.75, 3.05) is 10.5 Å². The lowest BCUT2D eigenvalue weighted by Gasteiger charge is -2.10. The molecular weight excluding hydrogens is 364 g/mol. The number of benzene rings is 1. The van der Waals surface area contributed by atoms with Crippen molar-refractivity contribution in [3.63, 3.8) is 0 Å². The number of aromatic nitrogens is 1. The largest absolute Gasteiger partial charge is 0.393 e. The van der Waals surface area contributed by atoms with Crippen LogP contribution in [0, 0.1) is 10.1 Å². The lowest BCUT2D eigenvalue weighted by atomic mass is 10.3. The van der Waals surface area contributed by atoms with Crippen molar-refractivity contribution in [3.8, 4) is 0 Å². The number of nitrogens with one attached hydrogen (secondary N) is 1. The minimum absolute atomic E-state index is 0.210. The molecule has 0 aliphatic rings. The summed E-state index contributed by atoms with van der Waals surface area (Å²) in [6, 6.07) is 5.13. The monoisotopic (exact) mass is 372 g/mol. The van der Waals surface area contributed by atoms with E-state index in [1.54, 1.807) is 0 Å². The summed E-state index contributed by atoms with van der Waals surface area (Å²) < 4.78 is 27.3. The highest BCUT2D eigenvalue weighted by Gasteiger charge is 2.28. The van der Waals surface area contributed by atoms with Crippen LogP contribution in [-0.2, 0) is 10.0 Å². The summed E-state index contributed by atoms with van der Waals surface area (Å²) in [5.74, 6) is 0. The number of pyridine rings is 1. The zero-order chi connectivity index (χ0) is 15.6.